The maximum atomic E-state index is 12.3. The highest BCUT2D eigenvalue weighted by molar-refractivity contribution is 5.94. The molecule has 8 heteroatoms. The van der Waals surface area contributed by atoms with Crippen molar-refractivity contribution in [1.29, 1.82) is 0 Å². The van der Waals surface area contributed by atoms with Crippen LogP contribution in [0, 0.1) is 0 Å². The molecule has 0 unspecified atom stereocenters. The zero-order valence-electron chi connectivity index (χ0n) is 14.7. The fraction of sp³-hybridized carbons (Fsp3) is 0.353. The summed E-state index contributed by atoms with van der Waals surface area (Å²) in [7, 11) is 1.71. The van der Waals surface area contributed by atoms with E-state index < -0.39 is 0 Å². The van der Waals surface area contributed by atoms with Crippen LogP contribution in [0.2, 0.25) is 0 Å². The van der Waals surface area contributed by atoms with Gasteiger partial charge < -0.3 is 21.7 Å². The Hall–Kier alpha value is -2.87. The lowest BCUT2D eigenvalue weighted by molar-refractivity contribution is 0.0940. The van der Waals surface area contributed by atoms with E-state index in [1.54, 1.807) is 25.4 Å². The highest BCUT2D eigenvalue weighted by atomic mass is 16.2. The first kappa shape index (κ1) is 18.5. The molecule has 1 heterocycles. The predicted molar refractivity (Wildman–Crippen MR) is 96.0 cm³/mol. The van der Waals surface area contributed by atoms with E-state index >= 15 is 0 Å². The highest BCUT2D eigenvalue weighted by Crippen LogP contribution is 2.11. The molecule has 2 aromatic rings. The number of benzene rings is 1. The summed E-state index contributed by atoms with van der Waals surface area (Å²) in [4.78, 5) is 24.0. The lowest BCUT2D eigenvalue weighted by atomic mass is 10.2. The van der Waals surface area contributed by atoms with E-state index in [9.17, 15) is 9.59 Å². The van der Waals surface area contributed by atoms with Crippen molar-refractivity contribution in [3.63, 3.8) is 0 Å². The lowest BCUT2D eigenvalue weighted by Gasteiger charge is -2.11. The molecule has 0 aliphatic heterocycles. The van der Waals surface area contributed by atoms with Gasteiger partial charge in [0.15, 0.2) is 0 Å². The average Bonchev–Trinajstić information content (AvgIpc) is 2.94. The summed E-state index contributed by atoms with van der Waals surface area (Å²) in [5.74, 6) is -0.223. The van der Waals surface area contributed by atoms with Crippen LogP contribution in [0.15, 0.2) is 30.5 Å². The number of hydrogen-bond donors (Lipinski definition) is 4. The lowest BCUT2D eigenvalue weighted by Crippen LogP contribution is -2.34. The van der Waals surface area contributed by atoms with Crippen molar-refractivity contribution >= 4 is 17.6 Å². The number of nitrogens with two attached hydrogens (primary N) is 1. The number of carbonyl (C=O) groups is 2. The number of aryl methyl sites for hydroxylation is 1. The Morgan fingerprint density at radius 3 is 2.52 bits per heavy atom. The third-order valence-electron chi connectivity index (χ3n) is 3.53. The molecule has 8 nitrogen and oxygen atoms in total. The van der Waals surface area contributed by atoms with E-state index in [1.165, 1.54) is 4.68 Å². The summed E-state index contributed by atoms with van der Waals surface area (Å²) in [5.41, 5.74) is 8.39. The molecule has 0 saturated heterocycles. The van der Waals surface area contributed by atoms with E-state index in [4.69, 9.17) is 5.73 Å². The molecule has 2 rings (SSSR count). The second-order valence-electron chi connectivity index (χ2n) is 5.98. The van der Waals surface area contributed by atoms with E-state index in [0.29, 0.717) is 23.5 Å². The normalized spacial score (nSPS) is 10.6. The Balaban J connectivity index is 1.92. The van der Waals surface area contributed by atoms with Gasteiger partial charge in [-0.3, -0.25) is 9.48 Å². The molecule has 25 heavy (non-hydrogen) atoms. The monoisotopic (exact) mass is 344 g/mol. The summed E-state index contributed by atoms with van der Waals surface area (Å²) in [6.45, 7) is 4.41. The zero-order chi connectivity index (χ0) is 18.4. The SMILES string of the molecule is CC(C)NC(=O)Nc1ccc(CNC(=O)c2c(CN)cnn2C)cc1. The van der Waals surface area contributed by atoms with Crippen molar-refractivity contribution in [2.45, 2.75) is 33.0 Å². The average molecular weight is 344 g/mol. The van der Waals surface area contributed by atoms with Crippen molar-refractivity contribution in [1.82, 2.24) is 20.4 Å². The van der Waals surface area contributed by atoms with Crippen LogP contribution in [0.4, 0.5) is 10.5 Å². The third-order valence-corrected chi connectivity index (χ3v) is 3.53. The van der Waals surface area contributed by atoms with Gasteiger partial charge in [0, 0.05) is 37.4 Å². The van der Waals surface area contributed by atoms with Gasteiger partial charge in [-0.2, -0.15) is 5.10 Å². The number of hydrogen-bond acceptors (Lipinski definition) is 4. The first-order valence-electron chi connectivity index (χ1n) is 8.06. The molecule has 1 aromatic heterocycles. The number of carbonyl (C=O) groups excluding carboxylic acids is 2. The zero-order valence-corrected chi connectivity index (χ0v) is 14.7. The Labute approximate surface area is 146 Å². The fourth-order valence-electron chi connectivity index (χ4n) is 2.33. The molecule has 0 aliphatic carbocycles. The summed E-state index contributed by atoms with van der Waals surface area (Å²) in [5, 5.41) is 12.4. The maximum Gasteiger partial charge on any atom is 0.319 e. The Morgan fingerprint density at radius 2 is 1.92 bits per heavy atom. The van der Waals surface area contributed by atoms with Crippen molar-refractivity contribution in [3.05, 3.63) is 47.3 Å². The van der Waals surface area contributed by atoms with Crippen molar-refractivity contribution in [2.75, 3.05) is 5.32 Å². The summed E-state index contributed by atoms with van der Waals surface area (Å²) in [6.07, 6.45) is 1.59. The number of anilines is 1. The minimum Gasteiger partial charge on any atom is -0.347 e. The van der Waals surface area contributed by atoms with E-state index in [0.717, 1.165) is 5.56 Å². The number of urea groups is 1. The maximum absolute atomic E-state index is 12.3. The van der Waals surface area contributed by atoms with Gasteiger partial charge in [-0.1, -0.05) is 12.1 Å². The van der Waals surface area contributed by atoms with Gasteiger partial charge in [0.2, 0.25) is 0 Å². The summed E-state index contributed by atoms with van der Waals surface area (Å²) >= 11 is 0. The molecule has 0 spiro atoms. The van der Waals surface area contributed by atoms with Crippen LogP contribution >= 0.6 is 0 Å². The Morgan fingerprint density at radius 1 is 1.24 bits per heavy atom. The first-order valence-corrected chi connectivity index (χ1v) is 8.06. The van der Waals surface area contributed by atoms with Crippen molar-refractivity contribution in [3.8, 4) is 0 Å². The molecular weight excluding hydrogens is 320 g/mol. The van der Waals surface area contributed by atoms with Gasteiger partial charge in [0.1, 0.15) is 5.69 Å². The summed E-state index contributed by atoms with van der Waals surface area (Å²) in [6, 6.07) is 7.09. The minimum absolute atomic E-state index is 0.0694. The first-order chi connectivity index (χ1) is 11.9. The molecule has 0 saturated carbocycles. The molecule has 0 radical (unpaired) electrons. The minimum atomic E-state index is -0.249. The van der Waals surface area contributed by atoms with Crippen LogP contribution in [0.1, 0.15) is 35.5 Å². The van der Waals surface area contributed by atoms with Gasteiger partial charge in [0.05, 0.1) is 6.20 Å². The fourth-order valence-corrected chi connectivity index (χ4v) is 2.33. The predicted octanol–water partition coefficient (Wildman–Crippen LogP) is 1.34. The Kier molecular flexibility index (Phi) is 6.13. The van der Waals surface area contributed by atoms with Gasteiger partial charge in [-0.15, -0.1) is 0 Å². The van der Waals surface area contributed by atoms with Crippen LogP contribution in [-0.2, 0) is 20.1 Å². The quantitative estimate of drug-likeness (QED) is 0.633. The van der Waals surface area contributed by atoms with Crippen LogP contribution in [0.25, 0.3) is 0 Å². The molecule has 134 valence electrons. The second-order valence-corrected chi connectivity index (χ2v) is 5.98. The number of rotatable bonds is 6. The third kappa shape index (κ3) is 5.05. The molecule has 0 bridgehead atoms. The van der Waals surface area contributed by atoms with Crippen LogP contribution in [0.3, 0.4) is 0 Å². The number of nitrogens with zero attached hydrogens (tertiary/aromatic N) is 2. The number of amides is 3. The van der Waals surface area contributed by atoms with Gasteiger partial charge in [-0.25, -0.2) is 4.79 Å². The smallest absolute Gasteiger partial charge is 0.319 e. The van der Waals surface area contributed by atoms with Crippen LogP contribution < -0.4 is 21.7 Å². The van der Waals surface area contributed by atoms with E-state index in [1.807, 2.05) is 26.0 Å². The number of aromatic nitrogens is 2. The van der Waals surface area contributed by atoms with E-state index in [2.05, 4.69) is 21.0 Å². The number of nitrogens with one attached hydrogen (secondary N) is 3. The summed E-state index contributed by atoms with van der Waals surface area (Å²) < 4.78 is 1.51. The molecule has 0 atom stereocenters. The van der Waals surface area contributed by atoms with Gasteiger partial charge >= 0.3 is 6.03 Å². The van der Waals surface area contributed by atoms with Crippen molar-refractivity contribution in [2.24, 2.45) is 12.8 Å². The molecular formula is C17H24N6O2. The molecule has 1 aromatic carbocycles. The topological polar surface area (TPSA) is 114 Å². The Bertz CT molecular complexity index is 736. The van der Waals surface area contributed by atoms with Crippen molar-refractivity contribution < 1.29 is 9.59 Å². The van der Waals surface area contributed by atoms with Gasteiger partial charge in [-0.05, 0) is 31.5 Å². The van der Waals surface area contributed by atoms with Crippen LogP contribution in [-0.4, -0.2) is 27.8 Å². The molecule has 0 aliphatic rings. The van der Waals surface area contributed by atoms with Gasteiger partial charge in [0.25, 0.3) is 5.91 Å². The standard InChI is InChI=1S/C17H24N6O2/c1-11(2)21-17(25)22-14-6-4-12(5-7-14)9-19-16(24)15-13(8-18)10-20-23(15)3/h4-7,10-11H,8-9,18H2,1-3H3,(H,19,24)(H2,21,22,25). The molecule has 5 N–H and O–H groups in total. The van der Waals surface area contributed by atoms with Crippen LogP contribution in [0.5, 0.6) is 0 Å². The second kappa shape index (κ2) is 8.29. The highest BCUT2D eigenvalue weighted by Gasteiger charge is 2.15. The molecule has 3 amide bonds. The largest absolute Gasteiger partial charge is 0.347 e. The van der Waals surface area contributed by atoms with E-state index in [-0.39, 0.29) is 24.5 Å². The molecule has 0 fully saturated rings.